The quantitative estimate of drug-likeness (QED) is 0.519. The van der Waals surface area contributed by atoms with E-state index in [9.17, 15) is 9.90 Å². The highest BCUT2D eigenvalue weighted by Crippen LogP contribution is 2.46. The summed E-state index contributed by atoms with van der Waals surface area (Å²) in [5.74, 6) is -0.590. The lowest BCUT2D eigenvalue weighted by molar-refractivity contribution is 0.102. The molecule has 1 heterocycles. The summed E-state index contributed by atoms with van der Waals surface area (Å²) < 4.78 is 11.6. The van der Waals surface area contributed by atoms with E-state index >= 15 is 0 Å². The van der Waals surface area contributed by atoms with Crippen molar-refractivity contribution in [2.75, 3.05) is 12.4 Å². The maximum atomic E-state index is 12.7. The predicted molar refractivity (Wildman–Crippen MR) is 99.2 cm³/mol. The number of halogens is 3. The van der Waals surface area contributed by atoms with Crippen molar-refractivity contribution in [2.24, 2.45) is 0 Å². The molecule has 24 heavy (non-hydrogen) atoms. The summed E-state index contributed by atoms with van der Waals surface area (Å²) in [5, 5.41) is 14.2. The number of ether oxygens (including phenoxy) is 1. The molecule has 5 nitrogen and oxygen atoms in total. The smallest absolute Gasteiger partial charge is 0.263 e. The molecule has 0 bridgehead atoms. The minimum absolute atomic E-state index is 0.00562. The topological polar surface area (TPSA) is 71.7 Å². The minimum atomic E-state index is -0.526. The summed E-state index contributed by atoms with van der Waals surface area (Å²) in [4.78, 5) is 12.7. The molecule has 0 atom stereocenters. The van der Waals surface area contributed by atoms with Gasteiger partial charge in [-0.15, -0.1) is 0 Å². The number of fused-ring (bicyclic) bond motifs is 1. The summed E-state index contributed by atoms with van der Waals surface area (Å²) in [6, 6.07) is 6.62. The van der Waals surface area contributed by atoms with Crippen LogP contribution in [0.25, 0.3) is 11.0 Å². The van der Waals surface area contributed by atoms with Gasteiger partial charge in [0.1, 0.15) is 27.8 Å². The Morgan fingerprint density at radius 3 is 2.58 bits per heavy atom. The number of anilines is 1. The zero-order chi connectivity index (χ0) is 17.4. The number of carbonyl (C=O) groups is 1. The van der Waals surface area contributed by atoms with Gasteiger partial charge in [0, 0.05) is 10.7 Å². The number of hydrogen-bond donors (Lipinski definition) is 2. The summed E-state index contributed by atoms with van der Waals surface area (Å²) in [7, 11) is 1.42. The van der Waals surface area contributed by atoms with Crippen LogP contribution in [0.2, 0.25) is 5.02 Å². The van der Waals surface area contributed by atoms with E-state index < -0.39 is 5.91 Å². The SMILES string of the molecule is COc1c(C(=O)Nc2ccc(Cl)cc2)c(O)c(Br)c2occ(Br)c12. The van der Waals surface area contributed by atoms with Gasteiger partial charge in [-0.05, 0) is 56.1 Å². The number of rotatable bonds is 3. The van der Waals surface area contributed by atoms with Crippen molar-refractivity contribution in [2.45, 2.75) is 0 Å². The van der Waals surface area contributed by atoms with Crippen molar-refractivity contribution in [1.82, 2.24) is 0 Å². The highest BCUT2D eigenvalue weighted by Gasteiger charge is 2.27. The van der Waals surface area contributed by atoms with Crippen molar-refractivity contribution < 1.29 is 19.1 Å². The number of amides is 1. The molecule has 0 aliphatic heterocycles. The Morgan fingerprint density at radius 2 is 1.96 bits per heavy atom. The lowest BCUT2D eigenvalue weighted by Gasteiger charge is -2.13. The number of nitrogens with one attached hydrogen (secondary N) is 1. The summed E-state index contributed by atoms with van der Waals surface area (Å²) in [6.07, 6.45) is 1.46. The van der Waals surface area contributed by atoms with Gasteiger partial charge in [0.15, 0.2) is 5.58 Å². The molecule has 8 heteroatoms. The van der Waals surface area contributed by atoms with Crippen LogP contribution in [0.1, 0.15) is 10.4 Å². The fraction of sp³-hybridized carbons (Fsp3) is 0.0625. The van der Waals surface area contributed by atoms with Crippen LogP contribution in [-0.2, 0) is 0 Å². The van der Waals surface area contributed by atoms with Gasteiger partial charge in [0.25, 0.3) is 5.91 Å². The fourth-order valence-electron chi connectivity index (χ4n) is 2.30. The van der Waals surface area contributed by atoms with Gasteiger partial charge < -0.3 is 19.6 Å². The Balaban J connectivity index is 2.14. The average molecular weight is 476 g/mol. The van der Waals surface area contributed by atoms with Gasteiger partial charge in [0.2, 0.25) is 0 Å². The zero-order valence-electron chi connectivity index (χ0n) is 12.2. The Bertz CT molecular complexity index is 938. The number of benzene rings is 2. The fourth-order valence-corrected chi connectivity index (χ4v) is 3.37. The van der Waals surface area contributed by atoms with Crippen molar-refractivity contribution >= 4 is 66.0 Å². The van der Waals surface area contributed by atoms with Crippen LogP contribution >= 0.6 is 43.5 Å². The normalized spacial score (nSPS) is 10.8. The Morgan fingerprint density at radius 1 is 1.29 bits per heavy atom. The molecule has 3 aromatic rings. The summed E-state index contributed by atoms with van der Waals surface area (Å²) >= 11 is 12.4. The number of methoxy groups -OCH3 is 1. The van der Waals surface area contributed by atoms with E-state index in [1.54, 1.807) is 24.3 Å². The molecule has 0 saturated carbocycles. The first-order valence-corrected chi connectivity index (χ1v) is 8.62. The molecule has 0 fully saturated rings. The largest absolute Gasteiger partial charge is 0.506 e. The van der Waals surface area contributed by atoms with Crippen molar-refractivity contribution in [3.63, 3.8) is 0 Å². The van der Waals surface area contributed by atoms with Gasteiger partial charge in [-0.25, -0.2) is 0 Å². The highest BCUT2D eigenvalue weighted by atomic mass is 79.9. The molecule has 3 rings (SSSR count). The van der Waals surface area contributed by atoms with Crippen molar-refractivity contribution in [3.8, 4) is 11.5 Å². The van der Waals surface area contributed by atoms with Crippen LogP contribution < -0.4 is 10.1 Å². The summed E-state index contributed by atoms with van der Waals surface area (Å²) in [6.45, 7) is 0. The first kappa shape index (κ1) is 17.1. The van der Waals surface area contributed by atoms with E-state index in [-0.39, 0.29) is 21.5 Å². The second-order valence-electron chi connectivity index (χ2n) is 4.82. The van der Waals surface area contributed by atoms with Gasteiger partial charge in [0.05, 0.1) is 17.0 Å². The van der Waals surface area contributed by atoms with Crippen LogP contribution in [-0.4, -0.2) is 18.1 Å². The molecule has 0 aliphatic carbocycles. The first-order valence-electron chi connectivity index (χ1n) is 6.66. The maximum Gasteiger partial charge on any atom is 0.263 e. The second-order valence-corrected chi connectivity index (χ2v) is 6.90. The predicted octanol–water partition coefficient (Wildman–Crippen LogP) is 5.58. The number of aromatic hydroxyl groups is 1. The molecule has 0 saturated heterocycles. The Hall–Kier alpha value is -1.70. The molecule has 2 N–H and O–H groups in total. The van der Waals surface area contributed by atoms with Crippen LogP contribution in [0, 0.1) is 0 Å². The molecule has 0 spiro atoms. The van der Waals surface area contributed by atoms with Crippen LogP contribution in [0.15, 0.2) is 43.9 Å². The number of carbonyl (C=O) groups excluding carboxylic acids is 1. The highest BCUT2D eigenvalue weighted by molar-refractivity contribution is 9.11. The zero-order valence-corrected chi connectivity index (χ0v) is 16.1. The minimum Gasteiger partial charge on any atom is -0.506 e. The van der Waals surface area contributed by atoms with E-state index in [1.165, 1.54) is 13.4 Å². The number of hydrogen-bond acceptors (Lipinski definition) is 4. The molecular formula is C16H10Br2ClNO4. The van der Waals surface area contributed by atoms with E-state index in [1.807, 2.05) is 0 Å². The van der Waals surface area contributed by atoms with Crippen molar-refractivity contribution in [3.05, 3.63) is 50.1 Å². The molecule has 0 unspecified atom stereocenters. The Labute approximate surface area is 158 Å². The molecule has 1 amide bonds. The van der Waals surface area contributed by atoms with E-state index in [0.717, 1.165) is 0 Å². The molecule has 0 radical (unpaired) electrons. The maximum absolute atomic E-state index is 12.7. The third-order valence-corrected chi connectivity index (χ3v) is 4.95. The molecule has 124 valence electrons. The first-order chi connectivity index (χ1) is 11.4. The van der Waals surface area contributed by atoms with Gasteiger partial charge in [-0.1, -0.05) is 11.6 Å². The van der Waals surface area contributed by atoms with Crippen LogP contribution in [0.3, 0.4) is 0 Å². The van der Waals surface area contributed by atoms with E-state index in [0.29, 0.717) is 26.2 Å². The average Bonchev–Trinajstić information content (AvgIpc) is 2.94. The van der Waals surface area contributed by atoms with Gasteiger partial charge >= 0.3 is 0 Å². The lowest BCUT2D eigenvalue weighted by atomic mass is 10.1. The van der Waals surface area contributed by atoms with Crippen LogP contribution in [0.4, 0.5) is 5.69 Å². The number of phenols is 1. The standard InChI is InChI=1S/C16H10Br2ClNO4/c1-23-14-10-9(17)6-24-15(10)12(18)13(21)11(14)16(22)20-8-4-2-7(19)3-5-8/h2-6,21H,1H3,(H,20,22). The molecule has 0 aliphatic rings. The number of furan rings is 1. The molecule has 1 aromatic heterocycles. The molecular weight excluding hydrogens is 465 g/mol. The van der Waals surface area contributed by atoms with Crippen LogP contribution in [0.5, 0.6) is 11.5 Å². The Kier molecular flexibility index (Phi) is 4.76. The van der Waals surface area contributed by atoms with E-state index in [4.69, 9.17) is 20.8 Å². The molecule has 2 aromatic carbocycles. The van der Waals surface area contributed by atoms with Gasteiger partial charge in [-0.3, -0.25) is 4.79 Å². The van der Waals surface area contributed by atoms with Gasteiger partial charge in [-0.2, -0.15) is 0 Å². The third kappa shape index (κ3) is 2.87. The van der Waals surface area contributed by atoms with Crippen molar-refractivity contribution in [1.29, 1.82) is 0 Å². The van der Waals surface area contributed by atoms with E-state index in [2.05, 4.69) is 37.2 Å². The number of phenolic OH excluding ortho intramolecular Hbond substituents is 1. The summed E-state index contributed by atoms with van der Waals surface area (Å²) in [5.41, 5.74) is 0.904. The second kappa shape index (κ2) is 6.66. The monoisotopic (exact) mass is 473 g/mol. The lowest BCUT2D eigenvalue weighted by Crippen LogP contribution is -2.14. The third-order valence-electron chi connectivity index (χ3n) is 3.38.